The lowest BCUT2D eigenvalue weighted by atomic mass is 9.68. The van der Waals surface area contributed by atoms with Gasteiger partial charge in [-0.25, -0.2) is 0 Å². The fourth-order valence-electron chi connectivity index (χ4n) is 2.60. The Morgan fingerprint density at radius 1 is 1.28 bits per heavy atom. The zero-order valence-electron chi connectivity index (χ0n) is 11.3. The van der Waals surface area contributed by atoms with E-state index < -0.39 is 5.41 Å². The van der Waals surface area contributed by atoms with E-state index in [0.29, 0.717) is 0 Å². The van der Waals surface area contributed by atoms with Crippen LogP contribution in [0.25, 0.3) is 0 Å². The summed E-state index contributed by atoms with van der Waals surface area (Å²) >= 11 is 0. The molecule has 0 bridgehead atoms. The molecule has 3 nitrogen and oxygen atoms in total. The standard InChI is InChI=1S/C15H18N2O/c1-14(2,3)17-12(11-8-6-5-7-9-11)15(4,10-16)13(17)18/h5-9,12H,1-4H3/t12-,15-/m0/s1. The van der Waals surface area contributed by atoms with Gasteiger partial charge in [0.05, 0.1) is 12.1 Å². The molecule has 1 saturated heterocycles. The molecule has 0 unspecified atom stereocenters. The van der Waals surface area contributed by atoms with Crippen LogP contribution < -0.4 is 0 Å². The number of nitriles is 1. The average Bonchev–Trinajstić information content (AvgIpc) is 2.33. The summed E-state index contributed by atoms with van der Waals surface area (Å²) in [6.07, 6.45) is 0. The van der Waals surface area contributed by atoms with Crippen LogP contribution in [0.4, 0.5) is 0 Å². The van der Waals surface area contributed by atoms with E-state index in [4.69, 9.17) is 0 Å². The lowest BCUT2D eigenvalue weighted by Crippen LogP contribution is -2.67. The second-order valence-corrected chi connectivity index (χ2v) is 5.97. The van der Waals surface area contributed by atoms with Gasteiger partial charge in [0.25, 0.3) is 0 Å². The number of carbonyl (C=O) groups is 1. The smallest absolute Gasteiger partial charge is 0.246 e. The van der Waals surface area contributed by atoms with Crippen LogP contribution in [0, 0.1) is 16.7 Å². The Kier molecular flexibility index (Phi) is 2.70. The van der Waals surface area contributed by atoms with E-state index in [9.17, 15) is 10.1 Å². The molecule has 94 valence electrons. The molecule has 0 aromatic heterocycles. The third-order valence-corrected chi connectivity index (χ3v) is 3.54. The Morgan fingerprint density at radius 2 is 1.83 bits per heavy atom. The number of likely N-dealkylation sites (tertiary alicyclic amines) is 1. The summed E-state index contributed by atoms with van der Waals surface area (Å²) in [4.78, 5) is 14.1. The molecule has 0 saturated carbocycles. The molecule has 0 N–H and O–H groups in total. The lowest BCUT2D eigenvalue weighted by molar-refractivity contribution is -0.174. The number of benzene rings is 1. The lowest BCUT2D eigenvalue weighted by Gasteiger charge is -2.57. The van der Waals surface area contributed by atoms with Gasteiger partial charge in [-0.15, -0.1) is 0 Å². The van der Waals surface area contributed by atoms with E-state index in [1.54, 1.807) is 6.92 Å². The summed E-state index contributed by atoms with van der Waals surface area (Å²) in [5.41, 5.74) is -0.182. The van der Waals surface area contributed by atoms with E-state index in [-0.39, 0.29) is 17.5 Å². The van der Waals surface area contributed by atoms with Crippen LogP contribution in [0.15, 0.2) is 30.3 Å². The SMILES string of the molecule is CC(C)(C)N1C(=O)[C@@](C)(C#N)[C@@H]1c1ccccc1. The average molecular weight is 242 g/mol. The second kappa shape index (κ2) is 3.84. The van der Waals surface area contributed by atoms with Crippen LogP contribution in [0.5, 0.6) is 0 Å². The zero-order chi connectivity index (χ0) is 13.6. The molecule has 1 aliphatic rings. The number of hydrogen-bond acceptors (Lipinski definition) is 2. The third-order valence-electron chi connectivity index (χ3n) is 3.54. The second-order valence-electron chi connectivity index (χ2n) is 5.97. The molecule has 1 fully saturated rings. The van der Waals surface area contributed by atoms with Crippen molar-refractivity contribution in [3.05, 3.63) is 35.9 Å². The molecule has 2 rings (SSSR count). The quantitative estimate of drug-likeness (QED) is 0.711. The van der Waals surface area contributed by atoms with E-state index in [2.05, 4.69) is 6.07 Å². The van der Waals surface area contributed by atoms with Gasteiger partial charge in [-0.3, -0.25) is 4.79 Å². The summed E-state index contributed by atoms with van der Waals surface area (Å²) < 4.78 is 0. The van der Waals surface area contributed by atoms with Gasteiger partial charge in [-0.2, -0.15) is 5.26 Å². The summed E-state index contributed by atoms with van der Waals surface area (Å²) in [5, 5.41) is 9.33. The Hall–Kier alpha value is -1.82. The van der Waals surface area contributed by atoms with Crippen molar-refractivity contribution in [1.82, 2.24) is 4.90 Å². The Bertz CT molecular complexity index is 510. The molecular formula is C15H18N2O. The van der Waals surface area contributed by atoms with Crippen molar-refractivity contribution >= 4 is 5.91 Å². The van der Waals surface area contributed by atoms with Crippen molar-refractivity contribution in [2.45, 2.75) is 39.3 Å². The van der Waals surface area contributed by atoms with Gasteiger partial charge in [0, 0.05) is 5.54 Å². The number of nitrogens with zero attached hydrogens (tertiary/aromatic N) is 2. The van der Waals surface area contributed by atoms with Crippen molar-refractivity contribution in [3.8, 4) is 6.07 Å². The number of carbonyl (C=O) groups excluding carboxylic acids is 1. The maximum absolute atomic E-state index is 12.2. The molecule has 2 atom stereocenters. The number of hydrogen-bond donors (Lipinski definition) is 0. The number of β-lactam (4-membered cyclic amide) rings is 1. The highest BCUT2D eigenvalue weighted by atomic mass is 16.2. The highest BCUT2D eigenvalue weighted by Gasteiger charge is 2.61. The molecule has 0 spiro atoms. The number of rotatable bonds is 1. The van der Waals surface area contributed by atoms with Crippen LogP contribution in [-0.4, -0.2) is 16.3 Å². The molecule has 1 aromatic rings. The first-order valence-electron chi connectivity index (χ1n) is 6.12. The van der Waals surface area contributed by atoms with E-state index in [1.165, 1.54) is 0 Å². The maximum atomic E-state index is 12.2. The fraction of sp³-hybridized carbons (Fsp3) is 0.467. The monoisotopic (exact) mass is 242 g/mol. The summed E-state index contributed by atoms with van der Waals surface area (Å²) in [7, 11) is 0. The van der Waals surface area contributed by atoms with E-state index >= 15 is 0 Å². The Labute approximate surface area is 108 Å². The fourth-order valence-corrected chi connectivity index (χ4v) is 2.60. The summed E-state index contributed by atoms with van der Waals surface area (Å²) in [6, 6.07) is 11.8. The predicted octanol–water partition coefficient (Wildman–Crippen LogP) is 2.90. The molecule has 3 heteroatoms. The zero-order valence-corrected chi connectivity index (χ0v) is 11.3. The van der Waals surface area contributed by atoms with Crippen LogP contribution in [0.3, 0.4) is 0 Å². The van der Waals surface area contributed by atoms with E-state index in [0.717, 1.165) is 5.56 Å². The first-order chi connectivity index (χ1) is 8.32. The van der Waals surface area contributed by atoms with Crippen LogP contribution in [0.2, 0.25) is 0 Å². The van der Waals surface area contributed by atoms with E-state index in [1.807, 2.05) is 56.0 Å². The van der Waals surface area contributed by atoms with Crippen LogP contribution >= 0.6 is 0 Å². The third kappa shape index (κ3) is 1.60. The predicted molar refractivity (Wildman–Crippen MR) is 69.5 cm³/mol. The van der Waals surface area contributed by atoms with Gasteiger partial charge in [-0.05, 0) is 33.3 Å². The van der Waals surface area contributed by atoms with Gasteiger partial charge in [0.1, 0.15) is 0 Å². The maximum Gasteiger partial charge on any atom is 0.246 e. The molecule has 1 amide bonds. The highest BCUT2D eigenvalue weighted by molar-refractivity contribution is 5.93. The summed E-state index contributed by atoms with van der Waals surface area (Å²) in [6.45, 7) is 7.72. The van der Waals surface area contributed by atoms with Crippen molar-refractivity contribution in [3.63, 3.8) is 0 Å². The molecule has 1 aromatic carbocycles. The van der Waals surface area contributed by atoms with Crippen molar-refractivity contribution in [2.75, 3.05) is 0 Å². The topological polar surface area (TPSA) is 44.1 Å². The van der Waals surface area contributed by atoms with Gasteiger partial charge in [0.15, 0.2) is 5.41 Å². The molecular weight excluding hydrogens is 224 g/mol. The molecule has 18 heavy (non-hydrogen) atoms. The van der Waals surface area contributed by atoms with Gasteiger partial charge < -0.3 is 4.90 Å². The molecule has 0 aliphatic carbocycles. The van der Waals surface area contributed by atoms with Crippen molar-refractivity contribution in [2.24, 2.45) is 5.41 Å². The minimum Gasteiger partial charge on any atom is -0.327 e. The Balaban J connectivity index is 2.48. The molecule has 1 heterocycles. The first-order valence-corrected chi connectivity index (χ1v) is 6.12. The normalized spacial score (nSPS) is 27.6. The first kappa shape index (κ1) is 12.6. The largest absolute Gasteiger partial charge is 0.327 e. The summed E-state index contributed by atoms with van der Waals surface area (Å²) in [5.74, 6) is -0.0775. The molecule has 0 radical (unpaired) electrons. The van der Waals surface area contributed by atoms with Crippen LogP contribution in [-0.2, 0) is 4.79 Å². The Morgan fingerprint density at radius 3 is 2.28 bits per heavy atom. The van der Waals surface area contributed by atoms with Gasteiger partial charge >= 0.3 is 0 Å². The van der Waals surface area contributed by atoms with Gasteiger partial charge in [-0.1, -0.05) is 30.3 Å². The highest BCUT2D eigenvalue weighted by Crippen LogP contribution is 2.52. The van der Waals surface area contributed by atoms with Crippen LogP contribution in [0.1, 0.15) is 39.3 Å². The minimum atomic E-state index is -0.936. The minimum absolute atomic E-state index is 0.0775. The van der Waals surface area contributed by atoms with Crippen molar-refractivity contribution < 1.29 is 4.79 Å². The van der Waals surface area contributed by atoms with Crippen molar-refractivity contribution in [1.29, 1.82) is 5.26 Å². The van der Waals surface area contributed by atoms with Gasteiger partial charge in [0.2, 0.25) is 5.91 Å². The number of amides is 1. The molecule has 1 aliphatic heterocycles.